The van der Waals surface area contributed by atoms with Crippen molar-refractivity contribution in [2.45, 2.75) is 65.2 Å². The van der Waals surface area contributed by atoms with Crippen LogP contribution >= 0.6 is 0 Å². The van der Waals surface area contributed by atoms with Crippen LogP contribution in [0, 0.1) is 0 Å². The highest BCUT2D eigenvalue weighted by atomic mass is 16.4. The topological polar surface area (TPSA) is 53.4 Å². The van der Waals surface area contributed by atoms with Crippen molar-refractivity contribution in [3.8, 4) is 0 Å². The molecule has 0 bridgehead atoms. The summed E-state index contributed by atoms with van der Waals surface area (Å²) < 4.78 is 0. The Balaban J connectivity index is 2.06. The number of nitrogens with zero attached hydrogens (tertiary/aromatic N) is 2. The molecule has 1 aromatic heterocycles. The highest BCUT2D eigenvalue weighted by Crippen LogP contribution is 2.20. The molecule has 4 nitrogen and oxygen atoms in total. The maximum absolute atomic E-state index is 10.8. The van der Waals surface area contributed by atoms with E-state index in [1.165, 1.54) is 57.1 Å². The van der Waals surface area contributed by atoms with Crippen LogP contribution in [0.3, 0.4) is 0 Å². The number of anilines is 1. The summed E-state index contributed by atoms with van der Waals surface area (Å²) in [4.78, 5) is 17.5. The molecular weight excluding hydrogens is 396 g/mol. The number of hydrogen-bond acceptors (Lipinski definition) is 3. The van der Waals surface area contributed by atoms with Crippen LogP contribution in [0.25, 0.3) is 18.2 Å². The molecule has 0 radical (unpaired) electrons. The summed E-state index contributed by atoms with van der Waals surface area (Å²) in [6, 6.07) is 10.6. The first kappa shape index (κ1) is 25.4. The largest absolute Gasteiger partial charge is 0.478 e. The van der Waals surface area contributed by atoms with Gasteiger partial charge in [-0.2, -0.15) is 0 Å². The first-order chi connectivity index (χ1) is 15.6. The average Bonchev–Trinajstić information content (AvgIpc) is 2.81. The van der Waals surface area contributed by atoms with Gasteiger partial charge in [-0.15, -0.1) is 0 Å². The van der Waals surface area contributed by atoms with Crippen molar-refractivity contribution in [2.75, 3.05) is 18.0 Å². The van der Waals surface area contributed by atoms with Crippen LogP contribution in [0.15, 0.2) is 48.8 Å². The van der Waals surface area contributed by atoms with E-state index < -0.39 is 5.97 Å². The van der Waals surface area contributed by atoms with Gasteiger partial charge in [-0.3, -0.25) is 4.98 Å². The summed E-state index contributed by atoms with van der Waals surface area (Å²) in [6.07, 6.45) is 20.4. The number of rotatable bonds is 15. The molecule has 0 fully saturated rings. The SMILES string of the molecule is CCCCCCN(CCCCCC)c1ccc(C=Cc2ccncc2/C=C/C(=O)O)cc1. The van der Waals surface area contributed by atoms with Crippen molar-refractivity contribution in [1.82, 2.24) is 4.98 Å². The summed E-state index contributed by atoms with van der Waals surface area (Å²) in [5.41, 5.74) is 4.14. The van der Waals surface area contributed by atoms with Crippen LogP contribution in [0.4, 0.5) is 5.69 Å². The molecule has 4 heteroatoms. The first-order valence-electron chi connectivity index (χ1n) is 12.0. The van der Waals surface area contributed by atoms with Gasteiger partial charge < -0.3 is 10.0 Å². The van der Waals surface area contributed by atoms with Crippen LogP contribution in [0.2, 0.25) is 0 Å². The van der Waals surface area contributed by atoms with Crippen molar-refractivity contribution in [1.29, 1.82) is 0 Å². The molecule has 0 atom stereocenters. The smallest absolute Gasteiger partial charge is 0.328 e. The van der Waals surface area contributed by atoms with E-state index in [1.54, 1.807) is 18.5 Å². The molecule has 2 rings (SSSR count). The molecule has 0 amide bonds. The van der Waals surface area contributed by atoms with Gasteiger partial charge in [0, 0.05) is 42.8 Å². The number of aromatic nitrogens is 1. The van der Waals surface area contributed by atoms with Crippen LogP contribution in [-0.4, -0.2) is 29.1 Å². The Hall–Kier alpha value is -2.88. The molecular formula is C28H38N2O2. The standard InChI is InChI=1S/C28H38N2O2/c1-3-5-7-9-21-30(22-10-8-6-4-2)27-16-12-24(13-17-27)11-14-25-19-20-29-23-26(25)15-18-28(31)32/h11-20,23H,3-10,21-22H2,1-2H3,(H,31,32)/b14-11?,18-15+. The summed E-state index contributed by atoms with van der Waals surface area (Å²) in [5, 5.41) is 8.88. The molecule has 0 unspecified atom stereocenters. The monoisotopic (exact) mass is 434 g/mol. The minimum Gasteiger partial charge on any atom is -0.478 e. The zero-order valence-corrected chi connectivity index (χ0v) is 19.7. The van der Waals surface area contributed by atoms with E-state index in [1.807, 2.05) is 12.1 Å². The van der Waals surface area contributed by atoms with E-state index in [-0.39, 0.29) is 0 Å². The first-order valence-corrected chi connectivity index (χ1v) is 12.0. The highest BCUT2D eigenvalue weighted by Gasteiger charge is 2.06. The Morgan fingerprint density at radius 3 is 2.09 bits per heavy atom. The normalized spacial score (nSPS) is 11.4. The summed E-state index contributed by atoms with van der Waals surface area (Å²) >= 11 is 0. The number of hydrogen-bond donors (Lipinski definition) is 1. The third kappa shape index (κ3) is 9.51. The number of aliphatic carboxylic acids is 1. The Kier molecular flexibility index (Phi) is 11.9. The van der Waals surface area contributed by atoms with E-state index in [4.69, 9.17) is 5.11 Å². The van der Waals surface area contributed by atoms with Crippen molar-refractivity contribution in [3.63, 3.8) is 0 Å². The van der Waals surface area contributed by atoms with Gasteiger partial charge in [0.2, 0.25) is 0 Å². The molecule has 32 heavy (non-hydrogen) atoms. The van der Waals surface area contributed by atoms with E-state index >= 15 is 0 Å². The molecule has 0 saturated carbocycles. The number of carbonyl (C=O) groups is 1. The number of carboxylic acid groups (broad SMARTS) is 1. The minimum atomic E-state index is -0.965. The lowest BCUT2D eigenvalue weighted by molar-refractivity contribution is -0.131. The molecule has 0 spiro atoms. The van der Waals surface area contributed by atoms with Crippen molar-refractivity contribution >= 4 is 29.9 Å². The van der Waals surface area contributed by atoms with Crippen molar-refractivity contribution in [3.05, 3.63) is 65.5 Å². The molecule has 1 heterocycles. The second kappa shape index (κ2) is 15.0. The third-order valence-electron chi connectivity index (χ3n) is 5.57. The maximum Gasteiger partial charge on any atom is 0.328 e. The van der Waals surface area contributed by atoms with Crippen LogP contribution in [0.5, 0.6) is 0 Å². The second-order valence-electron chi connectivity index (χ2n) is 8.21. The van der Waals surface area contributed by atoms with E-state index in [9.17, 15) is 4.79 Å². The van der Waals surface area contributed by atoms with Crippen molar-refractivity contribution in [2.24, 2.45) is 0 Å². The predicted octanol–water partition coefficient (Wildman–Crippen LogP) is 7.32. The Labute approximate surface area is 193 Å². The zero-order chi connectivity index (χ0) is 23.0. The fourth-order valence-electron chi connectivity index (χ4n) is 3.68. The summed E-state index contributed by atoms with van der Waals surface area (Å²) in [5.74, 6) is -0.965. The quantitative estimate of drug-likeness (QED) is 0.236. The zero-order valence-electron chi connectivity index (χ0n) is 19.7. The lowest BCUT2D eigenvalue weighted by atomic mass is 10.1. The maximum atomic E-state index is 10.8. The molecule has 0 saturated heterocycles. The van der Waals surface area contributed by atoms with Gasteiger partial charge in [-0.25, -0.2) is 4.79 Å². The number of pyridine rings is 1. The number of unbranched alkanes of at least 4 members (excludes halogenated alkanes) is 6. The summed E-state index contributed by atoms with van der Waals surface area (Å²) in [6.45, 7) is 6.76. The molecule has 0 aliphatic rings. The Morgan fingerprint density at radius 1 is 0.844 bits per heavy atom. The van der Waals surface area contributed by atoms with Crippen LogP contribution in [0.1, 0.15) is 81.9 Å². The van der Waals surface area contributed by atoms with Gasteiger partial charge in [0.1, 0.15) is 0 Å². The van der Waals surface area contributed by atoms with Crippen molar-refractivity contribution < 1.29 is 9.90 Å². The number of carboxylic acids is 1. The van der Waals surface area contributed by atoms with Crippen LogP contribution in [-0.2, 0) is 4.79 Å². The van der Waals surface area contributed by atoms with Gasteiger partial charge in [-0.05, 0) is 48.2 Å². The molecule has 0 aliphatic heterocycles. The molecule has 1 N–H and O–H groups in total. The predicted molar refractivity (Wildman–Crippen MR) is 137 cm³/mol. The van der Waals surface area contributed by atoms with Gasteiger partial charge in [0.05, 0.1) is 0 Å². The van der Waals surface area contributed by atoms with E-state index in [0.717, 1.165) is 35.9 Å². The fraction of sp³-hybridized carbons (Fsp3) is 0.429. The molecule has 2 aromatic rings. The minimum absolute atomic E-state index is 0.785. The fourth-order valence-corrected chi connectivity index (χ4v) is 3.68. The lowest BCUT2D eigenvalue weighted by Gasteiger charge is -2.25. The van der Waals surface area contributed by atoms with Gasteiger partial charge in [0.15, 0.2) is 0 Å². The lowest BCUT2D eigenvalue weighted by Crippen LogP contribution is -2.25. The second-order valence-corrected chi connectivity index (χ2v) is 8.21. The summed E-state index contributed by atoms with van der Waals surface area (Å²) in [7, 11) is 0. The van der Waals surface area contributed by atoms with E-state index in [0.29, 0.717) is 0 Å². The molecule has 1 aromatic carbocycles. The third-order valence-corrected chi connectivity index (χ3v) is 5.57. The average molecular weight is 435 g/mol. The van der Waals surface area contributed by atoms with Crippen LogP contribution < -0.4 is 4.90 Å². The molecule has 0 aliphatic carbocycles. The highest BCUT2D eigenvalue weighted by molar-refractivity contribution is 5.86. The Morgan fingerprint density at radius 2 is 1.50 bits per heavy atom. The van der Waals surface area contributed by atoms with Gasteiger partial charge in [-0.1, -0.05) is 76.7 Å². The van der Waals surface area contributed by atoms with Gasteiger partial charge >= 0.3 is 5.97 Å². The molecule has 172 valence electrons. The number of benzene rings is 1. The van der Waals surface area contributed by atoms with Gasteiger partial charge in [0.25, 0.3) is 0 Å². The Bertz CT molecular complexity index is 844. The van der Waals surface area contributed by atoms with E-state index in [2.05, 4.69) is 54.1 Å².